The van der Waals surface area contributed by atoms with Crippen molar-refractivity contribution in [3.05, 3.63) is 125 Å². The summed E-state index contributed by atoms with van der Waals surface area (Å²) in [6, 6.07) is 29.4. The highest BCUT2D eigenvalue weighted by atomic mass is 35.5. The number of phenols is 1. The minimum Gasteiger partial charge on any atom is -0.508 e. The van der Waals surface area contributed by atoms with Crippen molar-refractivity contribution < 1.29 is 57.5 Å². The van der Waals surface area contributed by atoms with Crippen molar-refractivity contribution in [3.8, 4) is 11.5 Å². The third-order valence-electron chi connectivity index (χ3n) is 11.1. The number of fused-ring (bicyclic) bond motifs is 1. The van der Waals surface area contributed by atoms with Crippen molar-refractivity contribution in [3.63, 3.8) is 0 Å². The molecule has 0 bridgehead atoms. The number of rotatable bonds is 29. The number of carbonyl (C=O) groups excluding carboxylic acids is 5. The Bertz CT molecular complexity index is 2310. The first-order chi connectivity index (χ1) is 33.2. The van der Waals surface area contributed by atoms with E-state index in [-0.39, 0.29) is 74.8 Å². The fourth-order valence-electron chi connectivity index (χ4n) is 7.68. The third kappa shape index (κ3) is 15.7. The lowest BCUT2D eigenvalue weighted by atomic mass is 9.88. The number of nitrogens with one attached hydrogen (secondary N) is 3. The molecular formula is C51H59ClN4O12. The summed E-state index contributed by atoms with van der Waals surface area (Å²) in [6.45, 7) is 4.13. The lowest BCUT2D eigenvalue weighted by Crippen LogP contribution is -2.52. The molecule has 1 fully saturated rings. The summed E-state index contributed by atoms with van der Waals surface area (Å²) in [5.74, 6) is -0.232. The first-order valence-electron chi connectivity index (χ1n) is 22.8. The molecule has 0 saturated carbocycles. The molecule has 4 aromatic carbocycles. The van der Waals surface area contributed by atoms with Crippen LogP contribution in [0.5, 0.6) is 11.5 Å². The van der Waals surface area contributed by atoms with E-state index in [2.05, 4.69) is 28.1 Å². The van der Waals surface area contributed by atoms with E-state index in [9.17, 15) is 29.1 Å². The van der Waals surface area contributed by atoms with Gasteiger partial charge in [0.15, 0.2) is 0 Å². The Morgan fingerprint density at radius 3 is 1.85 bits per heavy atom. The van der Waals surface area contributed by atoms with Crippen LogP contribution in [0.3, 0.4) is 0 Å². The van der Waals surface area contributed by atoms with Crippen molar-refractivity contribution in [1.82, 2.24) is 15.5 Å². The van der Waals surface area contributed by atoms with Crippen LogP contribution in [0.2, 0.25) is 0 Å². The summed E-state index contributed by atoms with van der Waals surface area (Å²) in [4.78, 5) is 63.3. The smallest absolute Gasteiger partial charge is 0.255 e. The number of allylic oxidation sites excluding steroid dienone is 1. The lowest BCUT2D eigenvalue weighted by molar-refractivity contribution is -0.137. The predicted octanol–water partition coefficient (Wildman–Crippen LogP) is 5.74. The van der Waals surface area contributed by atoms with E-state index in [1.165, 1.54) is 4.90 Å². The molecule has 2 heterocycles. The first-order valence-corrected chi connectivity index (χ1v) is 23.3. The quantitative estimate of drug-likeness (QED) is 0.0223. The van der Waals surface area contributed by atoms with Gasteiger partial charge >= 0.3 is 0 Å². The molecular weight excluding hydrogens is 896 g/mol. The number of nitrogens with zero attached hydrogens (tertiary/aromatic N) is 1. The molecule has 2 aliphatic heterocycles. The van der Waals surface area contributed by atoms with E-state index < -0.39 is 11.9 Å². The van der Waals surface area contributed by atoms with Crippen LogP contribution in [0.4, 0.5) is 5.69 Å². The van der Waals surface area contributed by atoms with Crippen LogP contribution in [0.1, 0.15) is 64.7 Å². The monoisotopic (exact) mass is 954 g/mol. The molecule has 0 radical (unpaired) electrons. The molecule has 1 saturated heterocycles. The zero-order valence-electron chi connectivity index (χ0n) is 38.0. The molecule has 0 aliphatic carbocycles. The van der Waals surface area contributed by atoms with Gasteiger partial charge in [0.25, 0.3) is 5.91 Å². The molecule has 362 valence electrons. The molecule has 0 aromatic heterocycles. The maximum atomic E-state index is 13.0. The molecule has 6 rings (SSSR count). The van der Waals surface area contributed by atoms with Gasteiger partial charge in [-0.2, -0.15) is 0 Å². The van der Waals surface area contributed by atoms with Crippen molar-refractivity contribution in [2.24, 2.45) is 0 Å². The van der Waals surface area contributed by atoms with Gasteiger partial charge in [-0.3, -0.25) is 29.3 Å². The summed E-state index contributed by atoms with van der Waals surface area (Å²) in [5, 5.41) is 17.9. The van der Waals surface area contributed by atoms with E-state index >= 15 is 0 Å². The molecule has 4 N–H and O–H groups in total. The Balaban J connectivity index is 0.734. The number of alkyl halides is 1. The number of imide groups is 1. The van der Waals surface area contributed by atoms with Crippen molar-refractivity contribution >= 4 is 58.0 Å². The molecule has 17 heteroatoms. The highest BCUT2D eigenvalue weighted by Gasteiger charge is 2.40. The largest absolute Gasteiger partial charge is 0.508 e. The summed E-state index contributed by atoms with van der Waals surface area (Å²) < 4.78 is 33.5. The molecule has 16 nitrogen and oxygen atoms in total. The number of halogens is 1. The van der Waals surface area contributed by atoms with Gasteiger partial charge in [0, 0.05) is 42.1 Å². The Labute approximate surface area is 401 Å². The normalized spacial score (nSPS) is 14.9. The number of benzene rings is 4. The van der Waals surface area contributed by atoms with Gasteiger partial charge in [0.1, 0.15) is 24.1 Å². The SMILES string of the molecule is O=C(CCOCCOCCOCCOCCOCCC(=O)Nc1cccc2c1CN(C1CCC(=O)NC1=O)C2=O)NCCOc1ccc(C(=C(CCCl)c2ccccc2)c2ccc(O)cc2)cc1. The second-order valence-electron chi connectivity index (χ2n) is 15.8. The maximum absolute atomic E-state index is 13.0. The fraction of sp³-hybridized carbons (Fsp3) is 0.392. The molecule has 68 heavy (non-hydrogen) atoms. The highest BCUT2D eigenvalue weighted by Crippen LogP contribution is 2.36. The van der Waals surface area contributed by atoms with E-state index in [4.69, 9.17) is 40.0 Å². The van der Waals surface area contributed by atoms with Gasteiger partial charge in [-0.1, -0.05) is 60.7 Å². The molecule has 2 aliphatic rings. The second kappa shape index (κ2) is 27.6. The van der Waals surface area contributed by atoms with Gasteiger partial charge < -0.3 is 49.1 Å². The predicted molar refractivity (Wildman–Crippen MR) is 255 cm³/mol. The fourth-order valence-corrected chi connectivity index (χ4v) is 7.87. The van der Waals surface area contributed by atoms with Crippen molar-refractivity contribution in [2.75, 3.05) is 90.4 Å². The topological polar surface area (TPSA) is 200 Å². The van der Waals surface area contributed by atoms with E-state index in [1.54, 1.807) is 30.3 Å². The van der Waals surface area contributed by atoms with Crippen LogP contribution in [-0.2, 0) is 49.4 Å². The lowest BCUT2D eigenvalue weighted by Gasteiger charge is -2.29. The molecule has 4 aromatic rings. The standard InChI is InChI=1S/C51H59ClN4O12/c52-22-19-41(36-5-2-1-3-6-36)49(37-9-13-39(57)14-10-37)38-11-15-40(16-12-38)68-26-23-53-46(58)20-24-63-27-29-65-31-33-67-34-32-66-30-28-64-25-21-48(60)54-44-8-4-7-42-43(44)35-56(51(42)62)45-17-18-47(59)55-50(45)61/h1-16,45,57H,17-35H2,(H,53,58)(H,54,60)(H,55,59,61). The number of phenolic OH excluding ortho intramolecular Hbond substituents is 1. The highest BCUT2D eigenvalue weighted by molar-refractivity contribution is 6.18. The van der Waals surface area contributed by atoms with Crippen LogP contribution < -0.4 is 20.7 Å². The maximum Gasteiger partial charge on any atom is 0.255 e. The Morgan fingerprint density at radius 1 is 0.662 bits per heavy atom. The average Bonchev–Trinajstić information content (AvgIpc) is 3.68. The third-order valence-corrected chi connectivity index (χ3v) is 11.2. The van der Waals surface area contributed by atoms with Crippen molar-refractivity contribution in [1.29, 1.82) is 0 Å². The second-order valence-corrected chi connectivity index (χ2v) is 16.1. The van der Waals surface area contributed by atoms with Crippen LogP contribution in [-0.4, -0.2) is 131 Å². The van der Waals surface area contributed by atoms with Crippen LogP contribution in [0, 0.1) is 0 Å². The molecule has 0 spiro atoms. The van der Waals surface area contributed by atoms with Crippen LogP contribution >= 0.6 is 11.6 Å². The molecule has 1 unspecified atom stereocenters. The van der Waals surface area contributed by atoms with Gasteiger partial charge in [0.2, 0.25) is 23.6 Å². The van der Waals surface area contributed by atoms with Gasteiger partial charge in [-0.05, 0) is 77.1 Å². The summed E-state index contributed by atoms with van der Waals surface area (Å²) in [5.41, 5.74) is 6.72. The Kier molecular flexibility index (Phi) is 20.8. The van der Waals surface area contributed by atoms with Crippen LogP contribution in [0.15, 0.2) is 97.1 Å². The van der Waals surface area contributed by atoms with Crippen LogP contribution in [0.25, 0.3) is 11.1 Å². The number of amides is 5. The summed E-state index contributed by atoms with van der Waals surface area (Å²) in [6.07, 6.45) is 1.40. The minimum atomic E-state index is -0.732. The minimum absolute atomic E-state index is 0.102. The van der Waals surface area contributed by atoms with Gasteiger partial charge in [0.05, 0.1) is 79.0 Å². The molecule has 5 amide bonds. The number of hydrogen-bond donors (Lipinski definition) is 4. The zero-order valence-corrected chi connectivity index (χ0v) is 38.8. The first kappa shape index (κ1) is 51.3. The Morgan fingerprint density at radius 2 is 1.25 bits per heavy atom. The van der Waals surface area contributed by atoms with Gasteiger partial charge in [-0.15, -0.1) is 11.6 Å². The van der Waals surface area contributed by atoms with Crippen molar-refractivity contribution in [2.45, 2.75) is 44.7 Å². The average molecular weight is 956 g/mol. The molecule has 1 atom stereocenters. The number of aromatic hydroxyl groups is 1. The van der Waals surface area contributed by atoms with E-state index in [1.807, 2.05) is 54.6 Å². The van der Waals surface area contributed by atoms with E-state index in [0.717, 1.165) is 27.8 Å². The number of piperidine rings is 1. The summed E-state index contributed by atoms with van der Waals surface area (Å²) >= 11 is 6.27. The van der Waals surface area contributed by atoms with Gasteiger partial charge in [-0.25, -0.2) is 0 Å². The number of anilines is 1. The Hall–Kier alpha value is -6.14. The number of hydrogen-bond acceptors (Lipinski definition) is 12. The number of ether oxygens (including phenoxy) is 6. The zero-order chi connectivity index (χ0) is 47.9. The summed E-state index contributed by atoms with van der Waals surface area (Å²) in [7, 11) is 0. The van der Waals surface area contributed by atoms with E-state index in [0.29, 0.717) is 101 Å². The number of carbonyl (C=O) groups is 5.